The summed E-state index contributed by atoms with van der Waals surface area (Å²) in [5, 5.41) is 13.4. The van der Waals surface area contributed by atoms with Gasteiger partial charge in [0, 0.05) is 12.2 Å². The number of carbonyl (C=O) groups excluding carboxylic acids is 1. The van der Waals surface area contributed by atoms with E-state index in [1.807, 2.05) is 6.07 Å². The topological polar surface area (TPSA) is 64.9 Å². The van der Waals surface area contributed by atoms with Crippen LogP contribution in [0.25, 0.3) is 0 Å². The fraction of sp³-hybridized carbons (Fsp3) is 0.385. The molecule has 2 N–H and O–H groups in total. The van der Waals surface area contributed by atoms with Gasteiger partial charge in [-0.05, 0) is 24.6 Å². The second-order valence-electron chi connectivity index (χ2n) is 4.14. The summed E-state index contributed by atoms with van der Waals surface area (Å²) < 4.78 is 38.1. The third kappa shape index (κ3) is 4.80. The SMILES string of the molecule is Cc1ccc(NCC(=O)NCCC#N)cc1C(F)(F)F. The fourth-order valence-electron chi connectivity index (χ4n) is 1.54. The van der Waals surface area contributed by atoms with Crippen LogP contribution in [0.2, 0.25) is 0 Å². The van der Waals surface area contributed by atoms with Gasteiger partial charge in [-0.3, -0.25) is 4.79 Å². The number of aryl methyl sites for hydroxylation is 1. The summed E-state index contributed by atoms with van der Waals surface area (Å²) in [4.78, 5) is 11.3. The number of halogens is 3. The van der Waals surface area contributed by atoms with Crippen molar-refractivity contribution in [3.63, 3.8) is 0 Å². The van der Waals surface area contributed by atoms with Crippen molar-refractivity contribution in [3.8, 4) is 6.07 Å². The van der Waals surface area contributed by atoms with Gasteiger partial charge in [0.2, 0.25) is 5.91 Å². The Morgan fingerprint density at radius 1 is 1.40 bits per heavy atom. The summed E-state index contributed by atoms with van der Waals surface area (Å²) in [5.74, 6) is -0.380. The molecule has 1 amide bonds. The molecule has 0 bridgehead atoms. The summed E-state index contributed by atoms with van der Waals surface area (Å²) in [7, 11) is 0. The van der Waals surface area contributed by atoms with Gasteiger partial charge in [-0.1, -0.05) is 6.07 Å². The summed E-state index contributed by atoms with van der Waals surface area (Å²) >= 11 is 0. The van der Waals surface area contributed by atoms with Crippen LogP contribution in [-0.2, 0) is 11.0 Å². The Balaban J connectivity index is 2.61. The maximum Gasteiger partial charge on any atom is 0.416 e. The highest BCUT2D eigenvalue weighted by atomic mass is 19.4. The first kappa shape index (κ1) is 15.8. The van der Waals surface area contributed by atoms with Gasteiger partial charge in [-0.2, -0.15) is 18.4 Å². The van der Waals surface area contributed by atoms with Crippen LogP contribution in [0.5, 0.6) is 0 Å². The molecule has 1 aromatic rings. The smallest absolute Gasteiger partial charge is 0.376 e. The number of alkyl halides is 3. The zero-order chi connectivity index (χ0) is 15.2. The third-order valence-electron chi connectivity index (χ3n) is 2.56. The highest BCUT2D eigenvalue weighted by Crippen LogP contribution is 2.33. The molecule has 108 valence electrons. The van der Waals surface area contributed by atoms with Crippen LogP contribution in [0.4, 0.5) is 18.9 Å². The molecule has 0 aliphatic carbocycles. The van der Waals surface area contributed by atoms with Crippen LogP contribution in [0.1, 0.15) is 17.5 Å². The van der Waals surface area contributed by atoms with Crippen molar-refractivity contribution in [1.29, 1.82) is 5.26 Å². The number of hydrogen-bond donors (Lipinski definition) is 2. The number of benzene rings is 1. The quantitative estimate of drug-likeness (QED) is 0.817. The molecule has 0 atom stereocenters. The highest BCUT2D eigenvalue weighted by Gasteiger charge is 2.32. The van der Waals surface area contributed by atoms with E-state index in [2.05, 4.69) is 10.6 Å². The number of nitrogens with zero attached hydrogens (tertiary/aromatic N) is 1. The molecular weight excluding hydrogens is 271 g/mol. The van der Waals surface area contributed by atoms with Crippen molar-refractivity contribution in [2.45, 2.75) is 19.5 Å². The first-order valence-electron chi connectivity index (χ1n) is 5.90. The average molecular weight is 285 g/mol. The van der Waals surface area contributed by atoms with Gasteiger partial charge in [0.25, 0.3) is 0 Å². The van der Waals surface area contributed by atoms with Crippen LogP contribution < -0.4 is 10.6 Å². The van der Waals surface area contributed by atoms with Gasteiger partial charge in [-0.15, -0.1) is 0 Å². The van der Waals surface area contributed by atoms with Gasteiger partial charge in [0.15, 0.2) is 0 Å². The summed E-state index contributed by atoms with van der Waals surface area (Å²) in [5.41, 5.74) is -0.382. The molecule has 20 heavy (non-hydrogen) atoms. The van der Waals surface area contributed by atoms with Gasteiger partial charge in [-0.25, -0.2) is 0 Å². The lowest BCUT2D eigenvalue weighted by Crippen LogP contribution is -2.30. The summed E-state index contributed by atoms with van der Waals surface area (Å²) in [6, 6.07) is 5.66. The van der Waals surface area contributed by atoms with E-state index in [4.69, 9.17) is 5.26 Å². The Bertz CT molecular complexity index is 521. The van der Waals surface area contributed by atoms with E-state index in [1.165, 1.54) is 19.1 Å². The Hall–Kier alpha value is -2.23. The normalized spacial score (nSPS) is 10.8. The van der Waals surface area contributed by atoms with E-state index >= 15 is 0 Å². The highest BCUT2D eigenvalue weighted by molar-refractivity contribution is 5.80. The van der Waals surface area contributed by atoms with Crippen LogP contribution in [0.15, 0.2) is 18.2 Å². The number of anilines is 1. The van der Waals surface area contributed by atoms with Crippen molar-refractivity contribution in [2.24, 2.45) is 0 Å². The molecule has 0 saturated heterocycles. The van der Waals surface area contributed by atoms with E-state index in [-0.39, 0.29) is 36.7 Å². The van der Waals surface area contributed by atoms with E-state index in [0.717, 1.165) is 6.07 Å². The molecular formula is C13H14F3N3O. The maximum atomic E-state index is 12.7. The average Bonchev–Trinajstić information content (AvgIpc) is 2.36. The molecule has 1 aromatic carbocycles. The predicted octanol–water partition coefficient (Wildman–Crippen LogP) is 2.46. The minimum atomic E-state index is -4.42. The van der Waals surface area contributed by atoms with Crippen LogP contribution in [-0.4, -0.2) is 19.0 Å². The monoisotopic (exact) mass is 285 g/mol. The molecule has 0 aliphatic rings. The Kier molecular flexibility index (Phi) is 5.38. The van der Waals surface area contributed by atoms with Crippen molar-refractivity contribution < 1.29 is 18.0 Å². The standard InChI is InChI=1S/C13H14F3N3O/c1-9-3-4-10(7-11(9)13(14,15)16)19-8-12(20)18-6-2-5-17/h3-4,7,19H,2,6,8H2,1H3,(H,18,20). The number of rotatable bonds is 5. The molecule has 0 unspecified atom stereocenters. The molecule has 0 aliphatic heterocycles. The van der Waals surface area contributed by atoms with Gasteiger partial charge in [0.05, 0.1) is 24.6 Å². The van der Waals surface area contributed by atoms with Gasteiger partial charge in [0.1, 0.15) is 0 Å². The van der Waals surface area contributed by atoms with Crippen LogP contribution in [0.3, 0.4) is 0 Å². The minimum absolute atomic E-state index is 0.126. The molecule has 0 saturated carbocycles. The Labute approximate surface area is 114 Å². The van der Waals surface area contributed by atoms with E-state index in [1.54, 1.807) is 0 Å². The Morgan fingerprint density at radius 2 is 2.10 bits per heavy atom. The molecule has 7 heteroatoms. The largest absolute Gasteiger partial charge is 0.416 e. The second kappa shape index (κ2) is 6.80. The molecule has 1 rings (SSSR count). The first-order valence-corrected chi connectivity index (χ1v) is 5.90. The van der Waals surface area contributed by atoms with Crippen molar-refractivity contribution in [3.05, 3.63) is 29.3 Å². The molecule has 0 aromatic heterocycles. The number of hydrogen-bond acceptors (Lipinski definition) is 3. The van der Waals surface area contributed by atoms with Crippen molar-refractivity contribution in [2.75, 3.05) is 18.4 Å². The van der Waals surface area contributed by atoms with Crippen molar-refractivity contribution in [1.82, 2.24) is 5.32 Å². The van der Waals surface area contributed by atoms with E-state index in [9.17, 15) is 18.0 Å². The van der Waals surface area contributed by atoms with Crippen LogP contribution in [0, 0.1) is 18.3 Å². The molecule has 0 fully saturated rings. The lowest BCUT2D eigenvalue weighted by Gasteiger charge is -2.13. The summed E-state index contributed by atoms with van der Waals surface area (Å²) in [6.07, 6.45) is -4.23. The third-order valence-corrected chi connectivity index (χ3v) is 2.56. The lowest BCUT2D eigenvalue weighted by atomic mass is 10.1. The molecule has 0 spiro atoms. The number of amides is 1. The van der Waals surface area contributed by atoms with E-state index in [0.29, 0.717) is 0 Å². The second-order valence-corrected chi connectivity index (χ2v) is 4.14. The van der Waals surface area contributed by atoms with Crippen LogP contribution >= 0.6 is 0 Å². The number of nitriles is 1. The fourth-order valence-corrected chi connectivity index (χ4v) is 1.54. The summed E-state index contributed by atoms with van der Waals surface area (Å²) in [6.45, 7) is 1.45. The lowest BCUT2D eigenvalue weighted by molar-refractivity contribution is -0.138. The first-order chi connectivity index (χ1) is 9.34. The molecule has 0 heterocycles. The van der Waals surface area contributed by atoms with Gasteiger partial charge < -0.3 is 10.6 Å². The molecule has 0 radical (unpaired) electrons. The van der Waals surface area contributed by atoms with Gasteiger partial charge >= 0.3 is 6.18 Å². The predicted molar refractivity (Wildman–Crippen MR) is 67.9 cm³/mol. The number of nitrogens with one attached hydrogen (secondary N) is 2. The Morgan fingerprint density at radius 3 is 2.70 bits per heavy atom. The maximum absolute atomic E-state index is 12.7. The number of carbonyl (C=O) groups is 1. The minimum Gasteiger partial charge on any atom is -0.376 e. The van der Waals surface area contributed by atoms with E-state index < -0.39 is 11.7 Å². The zero-order valence-corrected chi connectivity index (χ0v) is 10.8. The molecule has 4 nitrogen and oxygen atoms in total. The van der Waals surface area contributed by atoms with Crippen molar-refractivity contribution >= 4 is 11.6 Å². The zero-order valence-electron chi connectivity index (χ0n) is 10.8.